The number of carbonyl (C=O) groups excluding carboxylic acids is 10. The molecule has 9 aliphatic rings. The second-order valence-electron chi connectivity index (χ2n) is 28.0. The third-order valence-corrected chi connectivity index (χ3v) is 25.6. The van der Waals surface area contributed by atoms with Crippen molar-refractivity contribution in [2.45, 2.75) is 106 Å². The maximum atomic E-state index is 12.5. The zero-order valence-corrected chi connectivity index (χ0v) is 64.9. The summed E-state index contributed by atoms with van der Waals surface area (Å²) >= 11 is 0. The van der Waals surface area contributed by atoms with Crippen LogP contribution in [0.4, 0.5) is 4.79 Å². The summed E-state index contributed by atoms with van der Waals surface area (Å²) in [6, 6.07) is 66.7. The fraction of sp³-hybridized carbons (Fsp3) is 0.276. The Morgan fingerprint density at radius 1 is 0.450 bits per heavy atom. The fourth-order valence-electron chi connectivity index (χ4n) is 16.5. The third kappa shape index (κ3) is 16.0. The van der Waals surface area contributed by atoms with Crippen LogP contribution in [-0.2, 0) is 79.8 Å². The van der Waals surface area contributed by atoms with Crippen LogP contribution < -0.4 is 61.8 Å². The van der Waals surface area contributed by atoms with Crippen molar-refractivity contribution in [3.8, 4) is 0 Å². The number of carboxylic acid groups (broad SMARTS) is 2. The molecule has 1 heterocycles. The molecule has 3 saturated carbocycles. The van der Waals surface area contributed by atoms with Crippen molar-refractivity contribution in [1.29, 1.82) is 0 Å². The number of Topliss-reactive ketones (excluding diaryl/α,β-unsaturated/α-hetero) is 4. The van der Waals surface area contributed by atoms with Gasteiger partial charge in [-0.2, -0.15) is 0 Å². The van der Waals surface area contributed by atoms with E-state index >= 15 is 0 Å². The topological polar surface area (TPSA) is 362 Å². The van der Waals surface area contributed by atoms with E-state index in [0.29, 0.717) is 74.4 Å². The van der Waals surface area contributed by atoms with E-state index in [2.05, 4.69) is 47.0 Å². The number of ketones is 4. The van der Waals surface area contributed by atoms with Crippen LogP contribution in [0.1, 0.15) is 154 Å². The van der Waals surface area contributed by atoms with Crippen LogP contribution in [-0.4, -0.2) is 119 Å². The van der Waals surface area contributed by atoms with Gasteiger partial charge in [-0.25, -0.2) is 19.2 Å². The maximum Gasteiger partial charge on any atom is 1.00 e. The summed E-state index contributed by atoms with van der Waals surface area (Å²) in [5.74, 6) is -2.29. The van der Waals surface area contributed by atoms with Crippen LogP contribution in [0, 0.1) is 17.8 Å². The Balaban J connectivity index is 0.000000143. The van der Waals surface area contributed by atoms with Gasteiger partial charge in [0.15, 0.2) is 23.1 Å². The molecule has 8 aromatic carbocycles. The first-order valence-corrected chi connectivity index (χ1v) is 38.1. The normalized spacial score (nSPS) is 23.5. The number of nitrogens with two attached hydrogens (primary N) is 1. The molecule has 24 heteroatoms. The second-order valence-corrected chi connectivity index (χ2v) is 31.3. The number of ether oxygens (including phenoxy) is 4. The first-order chi connectivity index (χ1) is 52.4. The maximum absolute atomic E-state index is 12.5. The minimum Gasteiger partial charge on any atom is -0.870 e. The van der Waals surface area contributed by atoms with Crippen molar-refractivity contribution in [2.24, 2.45) is 23.5 Å². The first-order valence-electron chi connectivity index (χ1n) is 36.2. The van der Waals surface area contributed by atoms with Crippen molar-refractivity contribution in [3.63, 3.8) is 0 Å². The summed E-state index contributed by atoms with van der Waals surface area (Å²) in [7, 11) is 0. The smallest absolute Gasteiger partial charge is 0.870 e. The van der Waals surface area contributed by atoms with Gasteiger partial charge >= 0.3 is 71.4 Å². The molecule has 3 amide bonds. The zero-order valence-electron chi connectivity index (χ0n) is 62.0. The van der Waals surface area contributed by atoms with Gasteiger partial charge in [-0.3, -0.25) is 43.7 Å². The van der Waals surface area contributed by atoms with Crippen molar-refractivity contribution < 1.29 is 122 Å². The van der Waals surface area contributed by atoms with E-state index in [4.69, 9.17) is 29.8 Å². The quantitative estimate of drug-likeness (QED) is 0.0141. The van der Waals surface area contributed by atoms with Gasteiger partial charge in [0.05, 0.1) is 50.6 Å². The number of urea groups is 1. The Hall–Kier alpha value is -10.8. The van der Waals surface area contributed by atoms with Gasteiger partial charge < -0.3 is 45.7 Å². The Morgan fingerprint density at radius 3 is 1.31 bits per heavy atom. The van der Waals surface area contributed by atoms with Crippen LogP contribution >= 0.6 is 6.89 Å². The van der Waals surface area contributed by atoms with E-state index < -0.39 is 52.7 Å². The molecule has 17 rings (SSSR count). The molecular formula is C87H83N3NaO19P. The van der Waals surface area contributed by atoms with Gasteiger partial charge in [0, 0.05) is 63.2 Å². The third-order valence-electron chi connectivity index (χ3n) is 21.7. The Labute approximate surface area is 663 Å². The predicted octanol–water partition coefficient (Wildman–Crippen LogP) is 7.56. The number of amides is 3. The molecule has 0 radical (unpaired) electrons. The number of carboxylic acids is 2. The van der Waals surface area contributed by atoms with Crippen LogP contribution in [0.2, 0.25) is 0 Å². The molecule has 8 aliphatic carbocycles. The second kappa shape index (κ2) is 34.2. The van der Waals surface area contributed by atoms with Crippen molar-refractivity contribution >= 4 is 105 Å². The monoisotopic (exact) mass is 1530 g/mol. The number of fused-ring (bicyclic) bond motifs is 9. The Kier molecular flexibility index (Phi) is 25.5. The molecular weight excluding hydrogens is 1440 g/mol. The molecule has 8 atom stereocenters. The molecule has 7 N–H and O–H groups in total. The number of carbonyl (C=O) groups is 12. The molecule has 8 unspecified atom stereocenters. The number of rotatable bonds is 13. The van der Waals surface area contributed by atoms with Crippen molar-refractivity contribution in [2.75, 3.05) is 26.4 Å². The number of nitrogens with one attached hydrogen (secondary N) is 2. The number of esters is 4. The number of imide groups is 1. The van der Waals surface area contributed by atoms with Crippen LogP contribution in [0.15, 0.2) is 218 Å². The Bertz CT molecular complexity index is 4950. The average molecular weight is 1530 g/mol. The van der Waals surface area contributed by atoms with Gasteiger partial charge in [-0.15, -0.1) is 0 Å². The fourth-order valence-corrected chi connectivity index (χ4v) is 20.2. The van der Waals surface area contributed by atoms with Crippen molar-refractivity contribution in [1.82, 2.24) is 10.6 Å². The van der Waals surface area contributed by atoms with E-state index in [9.17, 15) is 62.6 Å². The summed E-state index contributed by atoms with van der Waals surface area (Å²) in [5, 5.41) is 27.0. The number of aliphatic carboxylic acids is 2. The molecule has 0 aromatic heterocycles. The van der Waals surface area contributed by atoms with E-state index in [1.54, 1.807) is 81.2 Å². The predicted molar refractivity (Wildman–Crippen MR) is 409 cm³/mol. The molecule has 111 heavy (non-hydrogen) atoms. The van der Waals surface area contributed by atoms with Crippen LogP contribution in [0.25, 0.3) is 5.57 Å². The number of hydrogen-bond acceptors (Lipinski definition) is 18. The van der Waals surface area contributed by atoms with Gasteiger partial charge in [0.25, 0.3) is 5.91 Å². The largest absolute Gasteiger partial charge is 1.00 e. The molecule has 22 nitrogen and oxygen atoms in total. The van der Waals surface area contributed by atoms with Gasteiger partial charge in [0.2, 0.25) is 0 Å². The Morgan fingerprint density at radius 2 is 0.838 bits per heavy atom. The van der Waals surface area contributed by atoms with E-state index in [-0.39, 0.29) is 124 Å². The first kappa shape index (κ1) is 82.6. The molecule has 4 spiro atoms. The molecule has 4 fully saturated rings. The summed E-state index contributed by atoms with van der Waals surface area (Å²) in [4.78, 5) is 140. The van der Waals surface area contributed by atoms with Gasteiger partial charge in [0.1, 0.15) is 11.1 Å². The van der Waals surface area contributed by atoms with Gasteiger partial charge in [-0.05, 0) is 122 Å². The minimum absolute atomic E-state index is 0. The molecule has 0 bridgehead atoms. The summed E-state index contributed by atoms with van der Waals surface area (Å²) in [6.07, 6.45) is 4.71. The standard InChI is InChI=1S/C22H21O2P.C16H16N2O4.C14H14O3.C13H13NO4.C13H12O3.C9H6O2.Na.H2O/c1-2-24-22(23)18-25(19-12-6-3-7-13-19,20-14-8-4-9-15-20)21-16-10-5-11-17-21;1-2-22-12(19)11-7-15(11)8-16(13(20)17-14(21)18-16)10-6-4-3-5-9(10)15;1-2-17-13(16)11-7-14(11)8-12(15)9-5-3-4-6-10(9)14;14-13(11(17)18)6-12(5-9(12)10(15)16)7-3-1-2-4-8(7)13;1-2-16-13(15)8-9-7-12(14)11-6-4-3-5-10(9)11;10-8-5-9(11)7-4-2-1-3-6(7)8;;/h3-18H,2H2,1H3;3-6,11H,2,7-8H2,1H3,(H2,17,18,20,21);3-6,11H,2,7-8H2,1H3;1-4,9H,5-6,14H2,(H,15,16)(H,17,18);3-6,8H,2,7H2,1H3;1-4H,5H2;;1H2/q;;;;;;+1;/p-1/b;;;;9-8-;;;. The van der Waals surface area contributed by atoms with E-state index in [0.717, 1.165) is 61.3 Å². The molecule has 566 valence electrons. The average Bonchev–Trinajstić information content (AvgIpc) is 1.52. The summed E-state index contributed by atoms with van der Waals surface area (Å²) < 4.78 is 20.3. The molecule has 8 aromatic rings. The van der Waals surface area contributed by atoms with Crippen LogP contribution in [0.5, 0.6) is 0 Å². The zero-order chi connectivity index (χ0) is 77.6. The van der Waals surface area contributed by atoms with E-state index in [1.165, 1.54) is 6.08 Å². The number of benzene rings is 8. The number of hydrogen-bond donors (Lipinski definition) is 5. The van der Waals surface area contributed by atoms with Crippen molar-refractivity contribution in [3.05, 3.63) is 274 Å². The number of allylic oxidation sites excluding steroid dienone is 1. The van der Waals surface area contributed by atoms with Gasteiger partial charge in [-0.1, -0.05) is 212 Å². The van der Waals surface area contributed by atoms with E-state index in [1.807, 2.05) is 128 Å². The molecule has 1 saturated heterocycles. The molecule has 1 aliphatic heterocycles. The summed E-state index contributed by atoms with van der Waals surface area (Å²) in [5.41, 5.74) is 10.7. The SMILES string of the molecule is CCOC(=O)/C=C1/CC(=O)c2ccccc21.CCOC(=O)C1CC12CC(=O)c1ccccc12.CCOC(=O)C1CC12CC1(NC(=O)NC1=O)c1ccccc12.CCOC(=O)C=P(c1ccccc1)(c1ccccc1)c1ccccc1.NC1(C(=O)O)CC2(CC2C(=O)O)c2ccccc21.O=C1CC(=O)c2ccccc21.[Na+].[OH-]. The summed E-state index contributed by atoms with van der Waals surface area (Å²) in [6.45, 7) is 6.39. The minimum atomic E-state index is -2.24. The van der Waals surface area contributed by atoms with Crippen LogP contribution in [0.3, 0.4) is 0 Å².